The van der Waals surface area contributed by atoms with Gasteiger partial charge >= 0.3 is 5.97 Å². The van der Waals surface area contributed by atoms with E-state index >= 15 is 0 Å². The lowest BCUT2D eigenvalue weighted by Gasteiger charge is -2.13. The van der Waals surface area contributed by atoms with E-state index in [-0.39, 0.29) is 18.2 Å². The Morgan fingerprint density at radius 2 is 1.89 bits per heavy atom. The zero-order valence-corrected chi connectivity index (χ0v) is 16.6. The summed E-state index contributed by atoms with van der Waals surface area (Å²) in [6, 6.07) is 11.6. The molecule has 7 nitrogen and oxygen atoms in total. The molecule has 0 heterocycles. The quantitative estimate of drug-likeness (QED) is 0.302. The molecule has 8 heteroatoms. The monoisotopic (exact) mass is 400 g/mol. The Morgan fingerprint density at radius 3 is 2.54 bits per heavy atom. The van der Waals surface area contributed by atoms with Crippen LogP contribution in [0.2, 0.25) is 0 Å². The van der Waals surface area contributed by atoms with Gasteiger partial charge in [0.15, 0.2) is 0 Å². The van der Waals surface area contributed by atoms with Crippen LogP contribution in [0.15, 0.2) is 58.3 Å². The maximum absolute atomic E-state index is 12.4. The van der Waals surface area contributed by atoms with Crippen molar-refractivity contribution in [2.75, 3.05) is 20.7 Å². The fourth-order valence-corrected chi connectivity index (χ4v) is 3.34. The molecular weight excluding hydrogens is 380 g/mol. The van der Waals surface area contributed by atoms with Gasteiger partial charge in [0.25, 0.3) is 11.6 Å². The second kappa shape index (κ2) is 9.70. The first-order valence-corrected chi connectivity index (χ1v) is 9.27. The summed E-state index contributed by atoms with van der Waals surface area (Å²) in [7, 11) is 3.30. The van der Waals surface area contributed by atoms with Crippen LogP contribution in [0.4, 0.5) is 5.69 Å². The average molecular weight is 400 g/mol. The van der Waals surface area contributed by atoms with E-state index in [9.17, 15) is 19.7 Å². The number of hydrogen-bond acceptors (Lipinski definition) is 6. The summed E-state index contributed by atoms with van der Waals surface area (Å²) in [5.41, 5.74) is 0.864. The molecule has 1 amide bonds. The minimum absolute atomic E-state index is 0.108. The third-order valence-electron chi connectivity index (χ3n) is 3.62. The molecule has 2 rings (SSSR count). The van der Waals surface area contributed by atoms with Gasteiger partial charge in [-0.1, -0.05) is 30.0 Å². The Morgan fingerprint density at radius 1 is 1.18 bits per heavy atom. The van der Waals surface area contributed by atoms with Crippen LogP contribution in [0.25, 0.3) is 6.08 Å². The first kappa shape index (κ1) is 21.2. The number of carbonyl (C=O) groups excluding carboxylic acids is 2. The van der Waals surface area contributed by atoms with E-state index < -0.39 is 10.9 Å². The number of hydrogen-bond donors (Lipinski definition) is 0. The van der Waals surface area contributed by atoms with Gasteiger partial charge in [-0.2, -0.15) is 0 Å². The smallest absolute Gasteiger partial charge is 0.330 e. The fraction of sp³-hybridized carbons (Fsp3) is 0.200. The number of nitrogens with zero attached hydrogens (tertiary/aromatic N) is 2. The van der Waals surface area contributed by atoms with Crippen molar-refractivity contribution in [3.05, 3.63) is 69.8 Å². The van der Waals surface area contributed by atoms with E-state index in [1.54, 1.807) is 57.4 Å². The van der Waals surface area contributed by atoms with E-state index in [4.69, 9.17) is 4.74 Å². The first-order valence-electron chi connectivity index (χ1n) is 8.45. The second-order valence-corrected chi connectivity index (χ2v) is 6.95. The van der Waals surface area contributed by atoms with Crippen molar-refractivity contribution in [2.24, 2.45) is 0 Å². The molecule has 0 radical (unpaired) electrons. The van der Waals surface area contributed by atoms with E-state index in [1.165, 1.54) is 23.1 Å². The molecule has 2 aromatic carbocycles. The molecular formula is C20H20N2O5S. The normalized spacial score (nSPS) is 10.7. The lowest BCUT2D eigenvalue weighted by Crippen LogP contribution is -2.22. The molecule has 146 valence electrons. The lowest BCUT2D eigenvalue weighted by atomic mass is 10.2. The van der Waals surface area contributed by atoms with Crippen molar-refractivity contribution in [1.29, 1.82) is 0 Å². The number of ether oxygens (including phenoxy) is 1. The van der Waals surface area contributed by atoms with Gasteiger partial charge in [0.2, 0.25) is 0 Å². The molecule has 0 aliphatic rings. The van der Waals surface area contributed by atoms with Crippen molar-refractivity contribution in [1.82, 2.24) is 4.90 Å². The van der Waals surface area contributed by atoms with Crippen LogP contribution in [0.3, 0.4) is 0 Å². The van der Waals surface area contributed by atoms with Gasteiger partial charge in [-0.15, -0.1) is 0 Å². The minimum Gasteiger partial charge on any atom is -0.463 e. The number of nitro benzene ring substituents is 1. The van der Waals surface area contributed by atoms with Crippen LogP contribution in [0.1, 0.15) is 22.8 Å². The Kier molecular flexibility index (Phi) is 7.34. The Balaban J connectivity index is 2.36. The topological polar surface area (TPSA) is 89.8 Å². The van der Waals surface area contributed by atoms with E-state index in [2.05, 4.69) is 0 Å². The molecule has 0 aromatic heterocycles. The van der Waals surface area contributed by atoms with E-state index in [0.717, 1.165) is 11.8 Å². The van der Waals surface area contributed by atoms with Crippen molar-refractivity contribution < 1.29 is 19.2 Å². The SMILES string of the molecule is CCOC(=O)/C=C/c1ccc(Sc2ccccc2C(=O)N(C)C)c([N+](=O)[O-])c1. The van der Waals surface area contributed by atoms with Gasteiger partial charge in [-0.25, -0.2) is 4.79 Å². The van der Waals surface area contributed by atoms with Crippen LogP contribution < -0.4 is 0 Å². The maximum atomic E-state index is 12.4. The average Bonchev–Trinajstić information content (AvgIpc) is 2.67. The van der Waals surface area contributed by atoms with Crippen LogP contribution in [0, 0.1) is 10.1 Å². The predicted octanol–water partition coefficient (Wildman–Crippen LogP) is 4.02. The minimum atomic E-state index is -0.514. The zero-order valence-electron chi connectivity index (χ0n) is 15.7. The van der Waals surface area contributed by atoms with E-state index in [1.807, 2.05) is 0 Å². The summed E-state index contributed by atoms with van der Waals surface area (Å²) in [5, 5.41) is 11.5. The van der Waals surface area contributed by atoms with Crippen LogP contribution in [-0.2, 0) is 9.53 Å². The van der Waals surface area contributed by atoms with Crippen LogP contribution >= 0.6 is 11.8 Å². The molecule has 2 aromatic rings. The predicted molar refractivity (Wildman–Crippen MR) is 107 cm³/mol. The van der Waals surface area contributed by atoms with Crippen LogP contribution in [-0.4, -0.2) is 42.4 Å². The highest BCUT2D eigenvalue weighted by Gasteiger charge is 2.19. The van der Waals surface area contributed by atoms with Crippen molar-refractivity contribution in [3.63, 3.8) is 0 Å². The molecule has 0 aliphatic heterocycles. The molecule has 0 unspecified atom stereocenters. The van der Waals surface area contributed by atoms with Crippen LogP contribution in [0.5, 0.6) is 0 Å². The first-order chi connectivity index (χ1) is 13.3. The highest BCUT2D eigenvalue weighted by Crippen LogP contribution is 2.37. The maximum Gasteiger partial charge on any atom is 0.330 e. The third kappa shape index (κ3) is 5.43. The number of carbonyl (C=O) groups is 2. The summed E-state index contributed by atoms with van der Waals surface area (Å²) in [4.78, 5) is 37.3. The standard InChI is InChI=1S/C20H20N2O5S/c1-4-27-19(23)12-10-14-9-11-18(16(13-14)22(25)26)28-17-8-6-5-7-15(17)20(24)21(2)3/h5-13H,4H2,1-3H3/b12-10+. The van der Waals surface area contributed by atoms with Crippen molar-refractivity contribution in [2.45, 2.75) is 16.7 Å². The van der Waals surface area contributed by atoms with E-state index in [0.29, 0.717) is 20.9 Å². The summed E-state index contributed by atoms with van der Waals surface area (Å²) in [6.07, 6.45) is 2.68. The summed E-state index contributed by atoms with van der Waals surface area (Å²) < 4.78 is 4.80. The highest BCUT2D eigenvalue weighted by atomic mass is 32.2. The van der Waals surface area contributed by atoms with Crippen molar-refractivity contribution in [3.8, 4) is 0 Å². The largest absolute Gasteiger partial charge is 0.463 e. The third-order valence-corrected chi connectivity index (χ3v) is 4.76. The number of nitro groups is 1. The zero-order chi connectivity index (χ0) is 20.7. The molecule has 0 fully saturated rings. The van der Waals surface area contributed by atoms with Crippen molar-refractivity contribution >= 4 is 35.4 Å². The van der Waals surface area contributed by atoms with Gasteiger partial charge in [-0.3, -0.25) is 14.9 Å². The molecule has 28 heavy (non-hydrogen) atoms. The Labute approximate surface area is 167 Å². The highest BCUT2D eigenvalue weighted by molar-refractivity contribution is 7.99. The molecule has 0 atom stereocenters. The second-order valence-electron chi connectivity index (χ2n) is 5.87. The Bertz CT molecular complexity index is 925. The molecule has 0 saturated heterocycles. The van der Waals surface area contributed by atoms with Gasteiger partial charge < -0.3 is 9.64 Å². The number of benzene rings is 2. The van der Waals surface area contributed by atoms with Gasteiger partial charge in [0.05, 0.1) is 22.0 Å². The lowest BCUT2D eigenvalue weighted by molar-refractivity contribution is -0.387. The fourth-order valence-electron chi connectivity index (χ4n) is 2.31. The molecule has 0 bridgehead atoms. The number of amides is 1. The number of rotatable bonds is 7. The van der Waals surface area contributed by atoms with Gasteiger partial charge in [0.1, 0.15) is 0 Å². The Hall–Kier alpha value is -3.13. The molecule has 0 spiro atoms. The van der Waals surface area contributed by atoms with Gasteiger partial charge in [0, 0.05) is 31.1 Å². The summed E-state index contributed by atoms with van der Waals surface area (Å²) in [5.74, 6) is -0.695. The van der Waals surface area contributed by atoms with Gasteiger partial charge in [-0.05, 0) is 36.8 Å². The number of esters is 1. The molecule has 0 N–H and O–H groups in total. The molecule has 0 saturated carbocycles. The molecule has 0 aliphatic carbocycles. The summed E-state index contributed by atoms with van der Waals surface area (Å²) >= 11 is 1.15. The summed E-state index contributed by atoms with van der Waals surface area (Å²) in [6.45, 7) is 1.95.